The lowest BCUT2D eigenvalue weighted by atomic mass is 9.80. The Morgan fingerprint density at radius 3 is 2.09 bits per heavy atom. The van der Waals surface area contributed by atoms with Crippen molar-refractivity contribution >= 4 is 0 Å². The zero-order chi connectivity index (χ0) is 8.10. The normalized spacial score (nSPS) is 32.2. The van der Waals surface area contributed by atoms with E-state index in [2.05, 4.69) is 6.92 Å². The summed E-state index contributed by atoms with van der Waals surface area (Å²) in [6.45, 7) is 4.31. The van der Waals surface area contributed by atoms with Gasteiger partial charge in [-0.1, -0.05) is 39.0 Å². The second kappa shape index (κ2) is 4.76. The highest BCUT2D eigenvalue weighted by Crippen LogP contribution is 2.31. The first-order chi connectivity index (χ1) is 5.36. The van der Waals surface area contributed by atoms with Crippen LogP contribution in [0.2, 0.25) is 0 Å². The van der Waals surface area contributed by atoms with Gasteiger partial charge >= 0.3 is 0 Å². The Labute approximate surface area is 69.8 Å². The second-order valence-electron chi connectivity index (χ2n) is 3.69. The monoisotopic (exact) mass is 155 g/mol. The average molecular weight is 155 g/mol. The van der Waals surface area contributed by atoms with E-state index in [0.717, 1.165) is 24.7 Å². The lowest BCUT2D eigenvalue weighted by Crippen LogP contribution is -2.14. The van der Waals surface area contributed by atoms with Crippen LogP contribution < -0.4 is 0 Å². The highest BCUT2D eigenvalue weighted by atomic mass is 16.3. The molecule has 1 radical (unpaired) electrons. The van der Waals surface area contributed by atoms with Gasteiger partial charge in [0, 0.05) is 6.61 Å². The highest BCUT2D eigenvalue weighted by Gasteiger charge is 2.18. The zero-order valence-electron chi connectivity index (χ0n) is 7.26. The van der Waals surface area contributed by atoms with Gasteiger partial charge in [-0.2, -0.15) is 0 Å². The molecule has 1 rings (SSSR count). The van der Waals surface area contributed by atoms with Gasteiger partial charge in [-0.15, -0.1) is 0 Å². The van der Waals surface area contributed by atoms with Crippen molar-refractivity contribution in [3.63, 3.8) is 0 Å². The number of aliphatic hydroxyl groups is 1. The molecule has 0 amide bonds. The van der Waals surface area contributed by atoms with E-state index in [1.807, 2.05) is 0 Å². The van der Waals surface area contributed by atoms with E-state index in [4.69, 9.17) is 5.11 Å². The average Bonchev–Trinajstić information content (AvgIpc) is 2.07. The molecule has 1 saturated carbocycles. The van der Waals surface area contributed by atoms with Crippen molar-refractivity contribution in [1.82, 2.24) is 0 Å². The Hall–Kier alpha value is -0.0400. The Balaban J connectivity index is 2.14. The number of aliphatic hydroxyl groups excluding tert-OH is 1. The molecular weight excluding hydrogens is 136 g/mol. The van der Waals surface area contributed by atoms with E-state index in [1.54, 1.807) is 0 Å². The van der Waals surface area contributed by atoms with Crippen LogP contribution in [-0.2, 0) is 0 Å². The first-order valence-electron chi connectivity index (χ1n) is 4.77. The molecule has 0 atom stereocenters. The highest BCUT2D eigenvalue weighted by molar-refractivity contribution is 4.72. The van der Waals surface area contributed by atoms with Crippen LogP contribution in [0.25, 0.3) is 0 Å². The summed E-state index contributed by atoms with van der Waals surface area (Å²) in [5, 5.41) is 8.73. The predicted molar refractivity (Wildman–Crippen MR) is 47.1 cm³/mol. The summed E-state index contributed by atoms with van der Waals surface area (Å²) < 4.78 is 0. The molecule has 0 saturated heterocycles. The van der Waals surface area contributed by atoms with Gasteiger partial charge in [0.25, 0.3) is 0 Å². The summed E-state index contributed by atoms with van der Waals surface area (Å²) in [6, 6.07) is 0. The SMILES string of the molecule is [CH2]CC1CCC(CCO)CC1. The summed E-state index contributed by atoms with van der Waals surface area (Å²) in [5.41, 5.74) is 0. The molecule has 0 bridgehead atoms. The Kier molecular flexibility index (Phi) is 3.92. The van der Waals surface area contributed by atoms with E-state index >= 15 is 0 Å². The quantitative estimate of drug-likeness (QED) is 0.663. The van der Waals surface area contributed by atoms with Gasteiger partial charge in [-0.3, -0.25) is 0 Å². The molecule has 11 heavy (non-hydrogen) atoms. The van der Waals surface area contributed by atoms with E-state index in [9.17, 15) is 0 Å². The van der Waals surface area contributed by atoms with Gasteiger partial charge in [-0.25, -0.2) is 0 Å². The van der Waals surface area contributed by atoms with Gasteiger partial charge in [-0.05, 0) is 18.3 Å². The zero-order valence-corrected chi connectivity index (χ0v) is 7.26. The van der Waals surface area contributed by atoms with Gasteiger partial charge in [0.05, 0.1) is 0 Å². The van der Waals surface area contributed by atoms with Gasteiger partial charge in [0.15, 0.2) is 0 Å². The van der Waals surface area contributed by atoms with Crippen LogP contribution in [0.4, 0.5) is 0 Å². The topological polar surface area (TPSA) is 20.2 Å². The number of hydrogen-bond donors (Lipinski definition) is 1. The molecular formula is C10H19O. The van der Waals surface area contributed by atoms with E-state index < -0.39 is 0 Å². The molecule has 0 spiro atoms. The van der Waals surface area contributed by atoms with Crippen LogP contribution in [0.3, 0.4) is 0 Å². The third-order valence-electron chi connectivity index (χ3n) is 2.91. The third-order valence-corrected chi connectivity index (χ3v) is 2.91. The summed E-state index contributed by atoms with van der Waals surface area (Å²) >= 11 is 0. The first-order valence-corrected chi connectivity index (χ1v) is 4.77. The Morgan fingerprint density at radius 2 is 1.64 bits per heavy atom. The third kappa shape index (κ3) is 2.82. The van der Waals surface area contributed by atoms with Crippen molar-refractivity contribution in [3.05, 3.63) is 6.92 Å². The minimum atomic E-state index is 0.375. The second-order valence-corrected chi connectivity index (χ2v) is 3.69. The molecule has 0 aromatic rings. The molecule has 0 aromatic carbocycles. The molecule has 1 N–H and O–H groups in total. The maximum absolute atomic E-state index is 8.73. The van der Waals surface area contributed by atoms with Crippen LogP contribution in [0.1, 0.15) is 38.5 Å². The summed E-state index contributed by atoms with van der Waals surface area (Å²) in [7, 11) is 0. The Bertz CT molecular complexity index is 93.0. The molecule has 1 heteroatoms. The van der Waals surface area contributed by atoms with Crippen molar-refractivity contribution < 1.29 is 5.11 Å². The molecule has 0 heterocycles. The van der Waals surface area contributed by atoms with Crippen molar-refractivity contribution in [2.45, 2.75) is 38.5 Å². The molecule has 0 unspecified atom stereocenters. The maximum atomic E-state index is 8.73. The van der Waals surface area contributed by atoms with Crippen LogP contribution in [0.15, 0.2) is 0 Å². The van der Waals surface area contributed by atoms with Crippen molar-refractivity contribution in [1.29, 1.82) is 0 Å². The fourth-order valence-corrected chi connectivity index (χ4v) is 1.99. The van der Waals surface area contributed by atoms with E-state index in [1.165, 1.54) is 25.7 Å². The standard InChI is InChI=1S/C10H19O/c1-2-9-3-5-10(6-4-9)7-8-11/h9-11H,1-8H2. The summed E-state index contributed by atoms with van der Waals surface area (Å²) in [4.78, 5) is 0. The van der Waals surface area contributed by atoms with Crippen molar-refractivity contribution in [3.8, 4) is 0 Å². The molecule has 65 valence electrons. The number of hydrogen-bond acceptors (Lipinski definition) is 1. The van der Waals surface area contributed by atoms with Gasteiger partial charge in [0.1, 0.15) is 0 Å². The Morgan fingerprint density at radius 1 is 1.09 bits per heavy atom. The molecule has 0 aliphatic heterocycles. The molecule has 1 nitrogen and oxygen atoms in total. The maximum Gasteiger partial charge on any atom is 0.0433 e. The fraction of sp³-hybridized carbons (Fsp3) is 0.900. The van der Waals surface area contributed by atoms with Crippen LogP contribution in [-0.4, -0.2) is 11.7 Å². The largest absolute Gasteiger partial charge is 0.396 e. The van der Waals surface area contributed by atoms with Crippen LogP contribution in [0.5, 0.6) is 0 Å². The van der Waals surface area contributed by atoms with Gasteiger partial charge in [0.2, 0.25) is 0 Å². The molecule has 0 aromatic heterocycles. The number of rotatable bonds is 3. The molecule has 1 aliphatic carbocycles. The minimum Gasteiger partial charge on any atom is -0.396 e. The molecule has 1 fully saturated rings. The van der Waals surface area contributed by atoms with Crippen molar-refractivity contribution in [2.24, 2.45) is 11.8 Å². The van der Waals surface area contributed by atoms with Crippen molar-refractivity contribution in [2.75, 3.05) is 6.61 Å². The lowest BCUT2D eigenvalue weighted by molar-refractivity contribution is 0.206. The minimum absolute atomic E-state index is 0.375. The summed E-state index contributed by atoms with van der Waals surface area (Å²) in [5.74, 6) is 1.69. The smallest absolute Gasteiger partial charge is 0.0433 e. The van der Waals surface area contributed by atoms with Gasteiger partial charge < -0.3 is 5.11 Å². The van der Waals surface area contributed by atoms with Crippen LogP contribution >= 0.6 is 0 Å². The fourth-order valence-electron chi connectivity index (χ4n) is 1.99. The lowest BCUT2D eigenvalue weighted by Gasteiger charge is -2.27. The summed E-state index contributed by atoms with van der Waals surface area (Å²) in [6.07, 6.45) is 7.44. The predicted octanol–water partition coefficient (Wildman–Crippen LogP) is 2.40. The first kappa shape index (κ1) is 9.05. The van der Waals surface area contributed by atoms with E-state index in [0.29, 0.717) is 6.61 Å². The van der Waals surface area contributed by atoms with Crippen LogP contribution in [0, 0.1) is 18.8 Å². The van der Waals surface area contributed by atoms with E-state index in [-0.39, 0.29) is 0 Å². The molecule has 1 aliphatic rings.